The summed E-state index contributed by atoms with van der Waals surface area (Å²) >= 11 is 0. The van der Waals surface area contributed by atoms with Gasteiger partial charge in [-0.3, -0.25) is 0 Å². The topological polar surface area (TPSA) is 12.5 Å². The van der Waals surface area contributed by atoms with E-state index in [2.05, 4.69) is 11.9 Å². The van der Waals surface area contributed by atoms with Gasteiger partial charge in [-0.2, -0.15) is 0 Å². The standard InChI is InChI=1S/C6H13NO/c1-7-4-3-6(5-7)8-2/h6H,3-5H2,1-2H3/t6-/m1/s1. The largest absolute Gasteiger partial charge is 0.380 e. The first-order valence-corrected chi connectivity index (χ1v) is 3.04. The second-order valence-electron chi connectivity index (χ2n) is 2.41. The van der Waals surface area contributed by atoms with Gasteiger partial charge in [0.1, 0.15) is 0 Å². The van der Waals surface area contributed by atoms with Crippen molar-refractivity contribution in [2.24, 2.45) is 0 Å². The van der Waals surface area contributed by atoms with Crippen LogP contribution in [0.2, 0.25) is 0 Å². The van der Waals surface area contributed by atoms with Crippen molar-refractivity contribution in [1.29, 1.82) is 0 Å². The maximum absolute atomic E-state index is 5.14. The highest BCUT2D eigenvalue weighted by Gasteiger charge is 2.17. The lowest BCUT2D eigenvalue weighted by Gasteiger charge is -2.06. The highest BCUT2D eigenvalue weighted by molar-refractivity contribution is 4.71. The Kier molecular flexibility index (Phi) is 1.86. The summed E-state index contributed by atoms with van der Waals surface area (Å²) in [4.78, 5) is 2.29. The molecule has 0 aromatic carbocycles. The van der Waals surface area contributed by atoms with E-state index in [-0.39, 0.29) is 0 Å². The average molecular weight is 115 g/mol. The van der Waals surface area contributed by atoms with Crippen LogP contribution in [0.5, 0.6) is 0 Å². The molecule has 1 aliphatic rings. The monoisotopic (exact) mass is 115 g/mol. The Bertz CT molecular complexity index is 74.9. The highest BCUT2D eigenvalue weighted by Crippen LogP contribution is 2.07. The SMILES string of the molecule is CO[C@@H]1CCN(C)C1. The lowest BCUT2D eigenvalue weighted by atomic mass is 10.3. The summed E-state index contributed by atoms with van der Waals surface area (Å²) in [7, 11) is 3.91. The molecule has 0 amide bonds. The minimum absolute atomic E-state index is 0.500. The van der Waals surface area contributed by atoms with Gasteiger partial charge in [0, 0.05) is 20.2 Å². The second-order valence-corrected chi connectivity index (χ2v) is 2.41. The number of methoxy groups -OCH3 is 1. The lowest BCUT2D eigenvalue weighted by molar-refractivity contribution is 0.111. The van der Waals surface area contributed by atoms with Gasteiger partial charge in [0.2, 0.25) is 0 Å². The van der Waals surface area contributed by atoms with Crippen LogP contribution in [0.15, 0.2) is 0 Å². The van der Waals surface area contributed by atoms with Gasteiger partial charge in [-0.25, -0.2) is 0 Å². The van der Waals surface area contributed by atoms with Gasteiger partial charge in [0.15, 0.2) is 0 Å². The summed E-state index contributed by atoms with van der Waals surface area (Å²) in [6, 6.07) is 0. The van der Waals surface area contributed by atoms with Crippen LogP contribution in [0.25, 0.3) is 0 Å². The van der Waals surface area contributed by atoms with Crippen LogP contribution in [0.1, 0.15) is 6.42 Å². The molecule has 48 valence electrons. The van der Waals surface area contributed by atoms with E-state index in [0.29, 0.717) is 6.10 Å². The van der Waals surface area contributed by atoms with E-state index in [4.69, 9.17) is 4.74 Å². The van der Waals surface area contributed by atoms with Gasteiger partial charge in [0.25, 0.3) is 0 Å². The van der Waals surface area contributed by atoms with E-state index < -0.39 is 0 Å². The molecule has 0 spiro atoms. The molecule has 1 rings (SSSR count). The van der Waals surface area contributed by atoms with Crippen molar-refractivity contribution in [3.63, 3.8) is 0 Å². The molecule has 0 N–H and O–H groups in total. The molecule has 2 heteroatoms. The summed E-state index contributed by atoms with van der Waals surface area (Å²) in [6.45, 7) is 2.30. The minimum atomic E-state index is 0.500. The van der Waals surface area contributed by atoms with E-state index >= 15 is 0 Å². The number of likely N-dealkylation sites (N-methyl/N-ethyl adjacent to an activating group) is 1. The zero-order chi connectivity index (χ0) is 5.98. The lowest BCUT2D eigenvalue weighted by Crippen LogP contribution is -2.17. The zero-order valence-corrected chi connectivity index (χ0v) is 5.55. The first-order valence-electron chi connectivity index (χ1n) is 3.04. The molecule has 0 bridgehead atoms. The average Bonchev–Trinajstić information content (AvgIpc) is 2.14. The van der Waals surface area contributed by atoms with E-state index in [9.17, 15) is 0 Å². The first-order chi connectivity index (χ1) is 3.83. The fourth-order valence-electron chi connectivity index (χ4n) is 1.09. The Morgan fingerprint density at radius 2 is 2.38 bits per heavy atom. The molecule has 1 saturated heterocycles. The van der Waals surface area contributed by atoms with Gasteiger partial charge < -0.3 is 9.64 Å². The summed E-state index contributed by atoms with van der Waals surface area (Å²) in [5.74, 6) is 0. The van der Waals surface area contributed by atoms with Crippen LogP contribution in [-0.2, 0) is 4.74 Å². The number of likely N-dealkylation sites (tertiary alicyclic amines) is 1. The summed E-state index contributed by atoms with van der Waals surface area (Å²) in [5.41, 5.74) is 0. The summed E-state index contributed by atoms with van der Waals surface area (Å²) in [6.07, 6.45) is 1.70. The molecule has 0 aromatic rings. The molecule has 2 nitrogen and oxygen atoms in total. The minimum Gasteiger partial charge on any atom is -0.380 e. The normalized spacial score (nSPS) is 31.5. The van der Waals surface area contributed by atoms with Crippen molar-refractivity contribution in [3.05, 3.63) is 0 Å². The maximum Gasteiger partial charge on any atom is 0.0710 e. The maximum atomic E-state index is 5.14. The van der Waals surface area contributed by atoms with Crippen molar-refractivity contribution in [3.8, 4) is 0 Å². The Hall–Kier alpha value is -0.0800. The fourth-order valence-corrected chi connectivity index (χ4v) is 1.09. The quantitative estimate of drug-likeness (QED) is 0.488. The van der Waals surface area contributed by atoms with Crippen LogP contribution >= 0.6 is 0 Å². The van der Waals surface area contributed by atoms with E-state index in [1.807, 2.05) is 0 Å². The van der Waals surface area contributed by atoms with Crippen LogP contribution in [0.4, 0.5) is 0 Å². The third kappa shape index (κ3) is 1.20. The summed E-state index contributed by atoms with van der Waals surface area (Å²) in [5, 5.41) is 0. The Morgan fingerprint density at radius 3 is 2.62 bits per heavy atom. The first kappa shape index (κ1) is 6.05. The molecule has 1 aliphatic heterocycles. The zero-order valence-electron chi connectivity index (χ0n) is 5.55. The van der Waals surface area contributed by atoms with E-state index in [0.717, 1.165) is 6.54 Å². The van der Waals surface area contributed by atoms with Crippen LogP contribution < -0.4 is 0 Å². The number of hydrogen-bond acceptors (Lipinski definition) is 2. The van der Waals surface area contributed by atoms with Crippen molar-refractivity contribution < 1.29 is 4.74 Å². The number of nitrogens with zero attached hydrogens (tertiary/aromatic N) is 1. The van der Waals surface area contributed by atoms with Crippen LogP contribution in [-0.4, -0.2) is 38.3 Å². The van der Waals surface area contributed by atoms with Crippen molar-refractivity contribution in [2.75, 3.05) is 27.2 Å². The summed E-state index contributed by atoms with van der Waals surface area (Å²) < 4.78 is 5.14. The smallest absolute Gasteiger partial charge is 0.0710 e. The molecule has 1 heterocycles. The molecule has 8 heavy (non-hydrogen) atoms. The van der Waals surface area contributed by atoms with Crippen LogP contribution in [0.3, 0.4) is 0 Å². The van der Waals surface area contributed by atoms with Crippen LogP contribution in [0, 0.1) is 0 Å². The predicted molar refractivity (Wildman–Crippen MR) is 32.9 cm³/mol. The molecular weight excluding hydrogens is 102 g/mol. The third-order valence-corrected chi connectivity index (χ3v) is 1.68. The Morgan fingerprint density at radius 1 is 1.62 bits per heavy atom. The molecular formula is C6H13NO. The highest BCUT2D eigenvalue weighted by atomic mass is 16.5. The third-order valence-electron chi connectivity index (χ3n) is 1.68. The van der Waals surface area contributed by atoms with Gasteiger partial charge >= 0.3 is 0 Å². The van der Waals surface area contributed by atoms with Gasteiger partial charge in [-0.05, 0) is 13.5 Å². The van der Waals surface area contributed by atoms with E-state index in [1.54, 1.807) is 7.11 Å². The molecule has 1 atom stereocenters. The molecule has 1 fully saturated rings. The number of rotatable bonds is 1. The molecule has 0 unspecified atom stereocenters. The molecule has 0 saturated carbocycles. The second kappa shape index (κ2) is 2.46. The fraction of sp³-hybridized carbons (Fsp3) is 1.00. The van der Waals surface area contributed by atoms with Crippen molar-refractivity contribution in [2.45, 2.75) is 12.5 Å². The number of ether oxygens (including phenoxy) is 1. The van der Waals surface area contributed by atoms with Crippen molar-refractivity contribution in [1.82, 2.24) is 4.90 Å². The Labute approximate surface area is 50.4 Å². The van der Waals surface area contributed by atoms with Crippen molar-refractivity contribution >= 4 is 0 Å². The molecule has 0 aliphatic carbocycles. The van der Waals surface area contributed by atoms with E-state index in [1.165, 1.54) is 13.0 Å². The predicted octanol–water partition coefficient (Wildman–Crippen LogP) is 0.337. The van der Waals surface area contributed by atoms with Gasteiger partial charge in [-0.15, -0.1) is 0 Å². The molecule has 0 aromatic heterocycles. The number of hydrogen-bond donors (Lipinski definition) is 0. The molecule has 0 radical (unpaired) electrons. The van der Waals surface area contributed by atoms with Gasteiger partial charge in [-0.1, -0.05) is 0 Å². The Balaban J connectivity index is 2.22. The van der Waals surface area contributed by atoms with Gasteiger partial charge in [0.05, 0.1) is 6.10 Å².